The fourth-order valence-corrected chi connectivity index (χ4v) is 3.19. The second kappa shape index (κ2) is 6.38. The number of halogens is 1. The summed E-state index contributed by atoms with van der Waals surface area (Å²) in [4.78, 5) is 27.5. The molecule has 2 atom stereocenters. The predicted molar refractivity (Wildman–Crippen MR) is 80.4 cm³/mol. The Kier molecular flexibility index (Phi) is 4.76. The van der Waals surface area contributed by atoms with E-state index in [0.717, 1.165) is 19.0 Å². The molecule has 0 amide bonds. The smallest absolute Gasteiger partial charge is 0.326 e. The molecule has 1 N–H and O–H groups in total. The van der Waals surface area contributed by atoms with Gasteiger partial charge in [0.15, 0.2) is 0 Å². The van der Waals surface area contributed by atoms with Crippen LogP contribution < -0.4 is 4.90 Å². The second-order valence-corrected chi connectivity index (χ2v) is 5.96. The van der Waals surface area contributed by atoms with E-state index < -0.39 is 16.9 Å². The number of anilines is 1. The van der Waals surface area contributed by atoms with Gasteiger partial charge in [-0.25, -0.2) is 9.78 Å². The van der Waals surface area contributed by atoms with Gasteiger partial charge in [0.05, 0.1) is 9.40 Å². The molecule has 1 aromatic rings. The minimum atomic E-state index is -0.889. The molecule has 1 fully saturated rings. The number of carbonyl (C=O) groups is 1. The Labute approximate surface area is 130 Å². The number of rotatable bonds is 4. The van der Waals surface area contributed by atoms with Crippen LogP contribution in [-0.2, 0) is 4.79 Å². The van der Waals surface area contributed by atoms with Gasteiger partial charge >= 0.3 is 5.97 Å². The minimum Gasteiger partial charge on any atom is -0.480 e. The van der Waals surface area contributed by atoms with Crippen molar-refractivity contribution in [2.24, 2.45) is 5.92 Å². The molecular formula is C13H16BrN3O4. The van der Waals surface area contributed by atoms with Gasteiger partial charge in [0.25, 0.3) is 5.69 Å². The number of carboxylic acids is 1. The highest BCUT2D eigenvalue weighted by Gasteiger charge is 2.34. The number of nitrogens with zero attached hydrogens (tertiary/aromatic N) is 3. The topological polar surface area (TPSA) is 96.6 Å². The summed E-state index contributed by atoms with van der Waals surface area (Å²) in [5, 5.41) is 20.2. The van der Waals surface area contributed by atoms with Crippen molar-refractivity contribution in [2.75, 3.05) is 11.4 Å². The summed E-state index contributed by atoms with van der Waals surface area (Å²) >= 11 is 3.26. The number of carboxylic acid groups (broad SMARTS) is 1. The third kappa shape index (κ3) is 3.31. The number of hydrogen-bond acceptors (Lipinski definition) is 5. The highest BCUT2D eigenvalue weighted by atomic mass is 79.9. The van der Waals surface area contributed by atoms with Crippen LogP contribution in [0, 0.1) is 16.0 Å². The van der Waals surface area contributed by atoms with Gasteiger partial charge in [-0.1, -0.05) is 13.3 Å². The molecule has 1 aromatic heterocycles. The van der Waals surface area contributed by atoms with Crippen LogP contribution in [0.1, 0.15) is 26.2 Å². The maximum atomic E-state index is 11.5. The summed E-state index contributed by atoms with van der Waals surface area (Å²) in [6.07, 6.45) is 3.57. The van der Waals surface area contributed by atoms with Gasteiger partial charge < -0.3 is 10.0 Å². The Bertz CT molecular complexity index is 566. The molecule has 0 bridgehead atoms. The first-order valence-electron chi connectivity index (χ1n) is 6.73. The van der Waals surface area contributed by atoms with Crippen LogP contribution in [-0.4, -0.2) is 33.6 Å². The van der Waals surface area contributed by atoms with Crippen molar-refractivity contribution >= 4 is 33.4 Å². The lowest BCUT2D eigenvalue weighted by atomic mass is 9.89. The third-order valence-corrected chi connectivity index (χ3v) is 4.45. The van der Waals surface area contributed by atoms with Crippen LogP contribution in [0.3, 0.4) is 0 Å². The molecule has 2 heterocycles. The number of nitro groups is 1. The molecule has 0 spiro atoms. The maximum Gasteiger partial charge on any atom is 0.326 e. The van der Waals surface area contributed by atoms with Crippen LogP contribution in [0.25, 0.3) is 0 Å². The molecule has 0 aliphatic carbocycles. The number of pyridine rings is 1. The normalized spacial score (nSPS) is 22.1. The SMILES string of the molecule is CCC1CCN(c2ncc([N+](=O)[O-])cc2Br)C(C(=O)O)C1. The van der Waals surface area contributed by atoms with Gasteiger partial charge in [-0.05, 0) is 34.7 Å². The molecule has 1 saturated heterocycles. The lowest BCUT2D eigenvalue weighted by molar-refractivity contribution is -0.385. The summed E-state index contributed by atoms with van der Waals surface area (Å²) in [5.74, 6) is -0.0538. The van der Waals surface area contributed by atoms with Crippen molar-refractivity contribution in [1.29, 1.82) is 0 Å². The minimum absolute atomic E-state index is 0.124. The molecule has 0 radical (unpaired) electrons. The van der Waals surface area contributed by atoms with Gasteiger partial charge in [-0.15, -0.1) is 0 Å². The first-order chi connectivity index (χ1) is 9.93. The average molecular weight is 358 g/mol. The van der Waals surface area contributed by atoms with Gasteiger partial charge in [0.1, 0.15) is 18.1 Å². The maximum absolute atomic E-state index is 11.5. The van der Waals surface area contributed by atoms with Gasteiger partial charge in [0.2, 0.25) is 0 Å². The molecule has 7 nitrogen and oxygen atoms in total. The zero-order chi connectivity index (χ0) is 15.6. The van der Waals surface area contributed by atoms with Crippen LogP contribution >= 0.6 is 15.9 Å². The molecule has 0 aromatic carbocycles. The van der Waals surface area contributed by atoms with E-state index in [-0.39, 0.29) is 5.69 Å². The van der Waals surface area contributed by atoms with Crippen LogP contribution in [0.4, 0.5) is 11.5 Å². The van der Waals surface area contributed by atoms with Crippen molar-refractivity contribution in [2.45, 2.75) is 32.2 Å². The number of aromatic nitrogens is 1. The van der Waals surface area contributed by atoms with E-state index in [9.17, 15) is 20.0 Å². The Morgan fingerprint density at radius 2 is 2.38 bits per heavy atom. The van der Waals surface area contributed by atoms with Crippen molar-refractivity contribution in [3.63, 3.8) is 0 Å². The van der Waals surface area contributed by atoms with E-state index in [4.69, 9.17) is 0 Å². The lowest BCUT2D eigenvalue weighted by Crippen LogP contribution is -2.47. The standard InChI is InChI=1S/C13H16BrN3O4/c1-2-8-3-4-16(11(5-8)13(18)19)12-10(14)6-9(7-15-12)17(20)21/h6-8,11H,2-5H2,1H3,(H,18,19). The molecule has 8 heteroatoms. The summed E-state index contributed by atoms with van der Waals surface area (Å²) in [5.41, 5.74) is -0.124. The molecule has 21 heavy (non-hydrogen) atoms. The largest absolute Gasteiger partial charge is 0.480 e. The van der Waals surface area contributed by atoms with E-state index >= 15 is 0 Å². The fourth-order valence-electron chi connectivity index (χ4n) is 2.63. The van der Waals surface area contributed by atoms with Crippen molar-refractivity contribution in [1.82, 2.24) is 4.98 Å². The van der Waals surface area contributed by atoms with E-state index in [1.165, 1.54) is 6.07 Å². The number of aliphatic carboxylic acids is 1. The highest BCUT2D eigenvalue weighted by Crippen LogP contribution is 2.34. The van der Waals surface area contributed by atoms with Crippen molar-refractivity contribution < 1.29 is 14.8 Å². The molecule has 1 aliphatic rings. The van der Waals surface area contributed by atoms with E-state index in [1.54, 1.807) is 4.90 Å². The Balaban J connectivity index is 2.31. The molecule has 2 unspecified atom stereocenters. The van der Waals surface area contributed by atoms with Crippen LogP contribution in [0.2, 0.25) is 0 Å². The second-order valence-electron chi connectivity index (χ2n) is 5.10. The Morgan fingerprint density at radius 3 is 2.90 bits per heavy atom. The fraction of sp³-hybridized carbons (Fsp3) is 0.538. The quantitative estimate of drug-likeness (QED) is 0.657. The molecule has 1 aliphatic heterocycles. The predicted octanol–water partition coefficient (Wildman–Crippen LogP) is 2.83. The summed E-state index contributed by atoms with van der Waals surface area (Å²) in [6.45, 7) is 2.64. The zero-order valence-electron chi connectivity index (χ0n) is 11.5. The monoisotopic (exact) mass is 357 g/mol. The average Bonchev–Trinajstić information content (AvgIpc) is 2.46. The zero-order valence-corrected chi connectivity index (χ0v) is 13.1. The van der Waals surface area contributed by atoms with E-state index in [1.807, 2.05) is 0 Å². The lowest BCUT2D eigenvalue weighted by Gasteiger charge is -2.38. The van der Waals surface area contributed by atoms with E-state index in [0.29, 0.717) is 29.2 Å². The molecule has 114 valence electrons. The Morgan fingerprint density at radius 1 is 1.67 bits per heavy atom. The van der Waals surface area contributed by atoms with E-state index in [2.05, 4.69) is 27.8 Å². The highest BCUT2D eigenvalue weighted by molar-refractivity contribution is 9.10. The molecule has 0 saturated carbocycles. The molecule has 2 rings (SSSR count). The van der Waals surface area contributed by atoms with Crippen LogP contribution in [0.15, 0.2) is 16.7 Å². The van der Waals surface area contributed by atoms with Crippen LogP contribution in [0.5, 0.6) is 0 Å². The van der Waals surface area contributed by atoms with Crippen molar-refractivity contribution in [3.05, 3.63) is 26.9 Å². The third-order valence-electron chi connectivity index (χ3n) is 3.86. The Hall–Kier alpha value is -1.70. The summed E-state index contributed by atoms with van der Waals surface area (Å²) in [7, 11) is 0. The summed E-state index contributed by atoms with van der Waals surface area (Å²) in [6, 6.07) is 0.710. The van der Waals surface area contributed by atoms with Gasteiger partial charge in [-0.2, -0.15) is 0 Å². The van der Waals surface area contributed by atoms with Gasteiger partial charge in [0, 0.05) is 12.6 Å². The summed E-state index contributed by atoms with van der Waals surface area (Å²) < 4.78 is 0.442. The first-order valence-corrected chi connectivity index (χ1v) is 7.52. The number of hydrogen-bond donors (Lipinski definition) is 1. The first kappa shape index (κ1) is 15.7. The van der Waals surface area contributed by atoms with Gasteiger partial charge in [-0.3, -0.25) is 10.1 Å². The van der Waals surface area contributed by atoms with Crippen molar-refractivity contribution in [3.8, 4) is 0 Å². The number of piperidine rings is 1. The molecular weight excluding hydrogens is 342 g/mol.